The lowest BCUT2D eigenvalue weighted by Crippen LogP contribution is -2.44. The highest BCUT2D eigenvalue weighted by Crippen LogP contribution is 2.26. The molecule has 0 radical (unpaired) electrons. The molecular weight excluding hydrogens is 399 g/mol. The monoisotopic (exact) mass is 430 g/mol. The molecule has 0 unspecified atom stereocenters. The Morgan fingerprint density at radius 2 is 1.96 bits per heavy atom. The second-order valence-electron chi connectivity index (χ2n) is 7.53. The number of hydrogen-bond donors (Lipinski definition) is 3. The number of aromatic nitrogens is 1. The summed E-state index contributed by atoms with van der Waals surface area (Å²) in [4.78, 5) is 18.1. The highest BCUT2D eigenvalue weighted by molar-refractivity contribution is 5.90. The summed E-state index contributed by atoms with van der Waals surface area (Å²) in [5, 5.41) is 12.0. The van der Waals surface area contributed by atoms with Gasteiger partial charge in [-0.25, -0.2) is 10.5 Å². The number of rotatable bonds is 6. The minimum atomic E-state index is -0.549. The van der Waals surface area contributed by atoms with Crippen LogP contribution in [-0.4, -0.2) is 46.7 Å². The van der Waals surface area contributed by atoms with Crippen molar-refractivity contribution in [3.05, 3.63) is 30.0 Å². The Morgan fingerprint density at radius 3 is 2.64 bits per heavy atom. The zero-order valence-corrected chi connectivity index (χ0v) is 17.8. The number of nitrogens with one attached hydrogen (secondary N) is 2. The van der Waals surface area contributed by atoms with Gasteiger partial charge in [-0.2, -0.15) is 0 Å². The Balaban J connectivity index is 0.00000196. The van der Waals surface area contributed by atoms with Crippen LogP contribution in [0, 0.1) is 5.92 Å². The first kappa shape index (κ1) is 24.7. The summed E-state index contributed by atoms with van der Waals surface area (Å²) >= 11 is 0. The average Bonchev–Trinajstić information content (AvgIpc) is 2.68. The number of halogens is 2. The van der Waals surface area contributed by atoms with Gasteiger partial charge in [0, 0.05) is 31.4 Å². The van der Waals surface area contributed by atoms with E-state index in [1.54, 1.807) is 17.8 Å². The minimum Gasteiger partial charge on any atom is -0.366 e. The maximum absolute atomic E-state index is 11.0. The summed E-state index contributed by atoms with van der Waals surface area (Å²) < 4.78 is 0. The highest BCUT2D eigenvalue weighted by atomic mass is 35.5. The third-order valence-corrected chi connectivity index (χ3v) is 5.42. The molecule has 2 heterocycles. The molecule has 28 heavy (non-hydrogen) atoms. The van der Waals surface area contributed by atoms with Gasteiger partial charge in [-0.15, -0.1) is 24.8 Å². The van der Waals surface area contributed by atoms with Gasteiger partial charge >= 0.3 is 0 Å². The molecule has 1 saturated carbocycles. The second kappa shape index (κ2) is 13.0. The van der Waals surface area contributed by atoms with Crippen LogP contribution in [0.25, 0.3) is 6.08 Å². The van der Waals surface area contributed by atoms with Crippen molar-refractivity contribution in [2.45, 2.75) is 51.0 Å². The molecule has 1 aromatic heterocycles. The number of piperidine rings is 1. The van der Waals surface area contributed by atoms with E-state index in [0.29, 0.717) is 6.04 Å². The Labute approximate surface area is 179 Å². The SMILES string of the molecule is Cl.Cl.O=C(C=Cc1ccc(N[C@@H]2CCCN(CC3CCCCC3)C2)nc1)NO. The highest BCUT2D eigenvalue weighted by Gasteiger charge is 2.23. The molecule has 0 aromatic carbocycles. The largest absolute Gasteiger partial charge is 0.366 e. The summed E-state index contributed by atoms with van der Waals surface area (Å²) in [6, 6.07) is 4.30. The van der Waals surface area contributed by atoms with Gasteiger partial charge in [0.25, 0.3) is 5.91 Å². The van der Waals surface area contributed by atoms with Crippen LogP contribution in [0.2, 0.25) is 0 Å². The first-order chi connectivity index (χ1) is 12.7. The van der Waals surface area contributed by atoms with Gasteiger partial charge < -0.3 is 10.2 Å². The number of amides is 1. The second-order valence-corrected chi connectivity index (χ2v) is 7.53. The molecule has 6 nitrogen and oxygen atoms in total. The van der Waals surface area contributed by atoms with Gasteiger partial charge in [0.15, 0.2) is 0 Å². The van der Waals surface area contributed by atoms with Gasteiger partial charge in [-0.1, -0.05) is 19.3 Å². The van der Waals surface area contributed by atoms with Crippen molar-refractivity contribution in [2.24, 2.45) is 5.92 Å². The van der Waals surface area contributed by atoms with Crippen LogP contribution in [0.3, 0.4) is 0 Å². The van der Waals surface area contributed by atoms with Crippen LogP contribution < -0.4 is 10.8 Å². The van der Waals surface area contributed by atoms with E-state index < -0.39 is 5.91 Å². The maximum Gasteiger partial charge on any atom is 0.267 e. The third-order valence-electron chi connectivity index (χ3n) is 5.42. The Bertz CT molecular complexity index is 607. The Hall–Kier alpha value is -1.34. The van der Waals surface area contributed by atoms with Crippen molar-refractivity contribution < 1.29 is 10.0 Å². The number of carbonyl (C=O) groups excluding carboxylic acids is 1. The van der Waals surface area contributed by atoms with E-state index in [1.165, 1.54) is 64.1 Å². The van der Waals surface area contributed by atoms with Gasteiger partial charge in [-0.3, -0.25) is 10.0 Å². The Kier molecular flexibility index (Phi) is 11.5. The van der Waals surface area contributed by atoms with E-state index >= 15 is 0 Å². The number of carbonyl (C=O) groups is 1. The molecule has 1 aliphatic heterocycles. The van der Waals surface area contributed by atoms with E-state index in [2.05, 4.69) is 15.2 Å². The minimum absolute atomic E-state index is 0. The van der Waals surface area contributed by atoms with E-state index in [0.717, 1.165) is 23.8 Å². The number of anilines is 1. The number of hydrogen-bond acceptors (Lipinski definition) is 5. The standard InChI is InChI=1S/C20H30N4O2.2ClH/c25-20(23-26)11-9-16-8-10-19(21-13-16)22-18-7-4-12-24(15-18)14-17-5-2-1-3-6-17;;/h8-11,13,17-18,26H,1-7,12,14-15H2,(H,21,22)(H,23,25);2*1H/t18-;;/m1../s1. The zero-order chi connectivity index (χ0) is 18.2. The molecule has 0 spiro atoms. The van der Waals surface area contributed by atoms with Crippen LogP contribution in [0.4, 0.5) is 5.82 Å². The number of pyridine rings is 1. The number of nitrogens with zero attached hydrogens (tertiary/aromatic N) is 2. The molecule has 2 aliphatic rings. The van der Waals surface area contributed by atoms with Crippen LogP contribution in [-0.2, 0) is 4.79 Å². The van der Waals surface area contributed by atoms with E-state index in [9.17, 15) is 4.79 Å². The van der Waals surface area contributed by atoms with Gasteiger partial charge in [0.1, 0.15) is 5.82 Å². The molecule has 3 rings (SSSR count). The lowest BCUT2D eigenvalue weighted by molar-refractivity contribution is -0.124. The smallest absolute Gasteiger partial charge is 0.267 e. The molecule has 1 aliphatic carbocycles. The summed E-state index contributed by atoms with van der Waals surface area (Å²) in [6.07, 6.45) is 14.1. The van der Waals surface area contributed by atoms with Crippen molar-refractivity contribution in [3.8, 4) is 0 Å². The van der Waals surface area contributed by atoms with Crippen LogP contribution in [0.15, 0.2) is 24.4 Å². The fourth-order valence-corrected chi connectivity index (χ4v) is 4.08. The number of hydroxylamine groups is 1. The predicted molar refractivity (Wildman–Crippen MR) is 117 cm³/mol. The quantitative estimate of drug-likeness (QED) is 0.362. The van der Waals surface area contributed by atoms with Gasteiger partial charge in [0.2, 0.25) is 0 Å². The predicted octanol–water partition coefficient (Wildman–Crippen LogP) is 3.90. The molecule has 1 saturated heterocycles. The van der Waals surface area contributed by atoms with Crippen molar-refractivity contribution in [3.63, 3.8) is 0 Å². The van der Waals surface area contributed by atoms with Crippen molar-refractivity contribution >= 4 is 42.6 Å². The molecule has 158 valence electrons. The first-order valence-electron chi connectivity index (χ1n) is 9.80. The topological polar surface area (TPSA) is 77.5 Å². The molecule has 8 heteroatoms. The summed E-state index contributed by atoms with van der Waals surface area (Å²) in [5.41, 5.74) is 2.39. The molecule has 1 aromatic rings. The third kappa shape index (κ3) is 7.95. The zero-order valence-electron chi connectivity index (χ0n) is 16.2. The van der Waals surface area contributed by atoms with E-state index in [4.69, 9.17) is 5.21 Å². The average molecular weight is 431 g/mol. The number of likely N-dealkylation sites (tertiary alicyclic amines) is 1. The van der Waals surface area contributed by atoms with Crippen LogP contribution in [0.1, 0.15) is 50.5 Å². The summed E-state index contributed by atoms with van der Waals surface area (Å²) in [6.45, 7) is 3.57. The molecule has 0 bridgehead atoms. The van der Waals surface area contributed by atoms with E-state index in [-0.39, 0.29) is 24.8 Å². The maximum atomic E-state index is 11.0. The first-order valence-corrected chi connectivity index (χ1v) is 9.80. The molecular formula is C20H32Cl2N4O2. The van der Waals surface area contributed by atoms with Crippen molar-refractivity contribution in [2.75, 3.05) is 25.0 Å². The molecule has 2 fully saturated rings. The van der Waals surface area contributed by atoms with Crippen LogP contribution in [0.5, 0.6) is 0 Å². The normalized spacial score (nSPS) is 20.8. The summed E-state index contributed by atoms with van der Waals surface area (Å²) in [5.74, 6) is 1.22. The van der Waals surface area contributed by atoms with Gasteiger partial charge in [-0.05, 0) is 61.9 Å². The molecule has 3 N–H and O–H groups in total. The van der Waals surface area contributed by atoms with Crippen molar-refractivity contribution in [1.29, 1.82) is 0 Å². The molecule has 1 atom stereocenters. The van der Waals surface area contributed by atoms with E-state index in [1.807, 2.05) is 12.1 Å². The summed E-state index contributed by atoms with van der Waals surface area (Å²) in [7, 11) is 0. The fourth-order valence-electron chi connectivity index (χ4n) is 4.08. The fraction of sp³-hybridized carbons (Fsp3) is 0.600. The molecule has 1 amide bonds. The van der Waals surface area contributed by atoms with Crippen LogP contribution >= 0.6 is 24.8 Å². The van der Waals surface area contributed by atoms with Crippen molar-refractivity contribution in [1.82, 2.24) is 15.4 Å². The lowest BCUT2D eigenvalue weighted by Gasteiger charge is -2.36. The lowest BCUT2D eigenvalue weighted by atomic mass is 9.88. The Morgan fingerprint density at radius 1 is 1.18 bits per heavy atom. The van der Waals surface area contributed by atoms with Gasteiger partial charge in [0.05, 0.1) is 0 Å².